The van der Waals surface area contributed by atoms with Crippen molar-refractivity contribution < 1.29 is 4.74 Å². The molecule has 6 heteroatoms. The molecule has 1 aliphatic rings. The van der Waals surface area contributed by atoms with Gasteiger partial charge in [0.15, 0.2) is 0 Å². The van der Waals surface area contributed by atoms with Crippen LogP contribution >= 0.6 is 15.9 Å². The highest BCUT2D eigenvalue weighted by molar-refractivity contribution is 9.10. The summed E-state index contributed by atoms with van der Waals surface area (Å²) in [5.74, 6) is 6.29. The van der Waals surface area contributed by atoms with Gasteiger partial charge in [-0.25, -0.2) is 0 Å². The molecular formula is C12H21BrN4O. The van der Waals surface area contributed by atoms with Gasteiger partial charge in [-0.05, 0) is 41.6 Å². The zero-order valence-corrected chi connectivity index (χ0v) is 12.5. The lowest BCUT2D eigenvalue weighted by atomic mass is 9.96. The molecule has 102 valence electrons. The second-order valence-electron chi connectivity index (χ2n) is 5.00. The second kappa shape index (κ2) is 6.14. The van der Waals surface area contributed by atoms with Crippen LogP contribution in [0.3, 0.4) is 0 Å². The Hall–Kier alpha value is -0.430. The van der Waals surface area contributed by atoms with Crippen molar-refractivity contribution in [2.24, 2.45) is 18.8 Å². The van der Waals surface area contributed by atoms with Gasteiger partial charge in [0.05, 0.1) is 15.9 Å². The first kappa shape index (κ1) is 14.0. The predicted molar refractivity (Wildman–Crippen MR) is 74.0 cm³/mol. The Kier molecular flexibility index (Phi) is 4.77. The number of hydrazine groups is 1. The van der Waals surface area contributed by atoms with Gasteiger partial charge in [0, 0.05) is 32.7 Å². The van der Waals surface area contributed by atoms with Crippen molar-refractivity contribution in [3.63, 3.8) is 0 Å². The molecule has 1 aromatic rings. The van der Waals surface area contributed by atoms with E-state index in [0.717, 1.165) is 42.6 Å². The number of halogens is 1. The predicted octanol–water partition coefficient (Wildman–Crippen LogP) is 1.29. The van der Waals surface area contributed by atoms with E-state index in [1.54, 1.807) is 0 Å². The number of ether oxygens (including phenoxy) is 1. The molecule has 3 N–H and O–H groups in total. The number of nitrogens with two attached hydrogens (primary N) is 1. The summed E-state index contributed by atoms with van der Waals surface area (Å²) >= 11 is 3.59. The van der Waals surface area contributed by atoms with E-state index in [9.17, 15) is 0 Å². The molecule has 0 aromatic carbocycles. The molecule has 2 unspecified atom stereocenters. The number of rotatable bonds is 5. The van der Waals surface area contributed by atoms with Crippen LogP contribution in [0.1, 0.15) is 24.2 Å². The van der Waals surface area contributed by atoms with E-state index in [1.165, 1.54) is 5.69 Å². The summed E-state index contributed by atoms with van der Waals surface area (Å²) in [7, 11) is 1.97. The van der Waals surface area contributed by atoms with Gasteiger partial charge in [0.1, 0.15) is 0 Å². The first-order valence-electron chi connectivity index (χ1n) is 6.33. The Balaban J connectivity index is 2.00. The van der Waals surface area contributed by atoms with Gasteiger partial charge in [0.2, 0.25) is 0 Å². The molecule has 1 aromatic heterocycles. The topological polar surface area (TPSA) is 65.1 Å². The molecule has 1 saturated heterocycles. The smallest absolute Gasteiger partial charge is 0.0738 e. The average Bonchev–Trinajstić information content (AvgIpc) is 2.92. The summed E-state index contributed by atoms with van der Waals surface area (Å²) < 4.78 is 8.43. The van der Waals surface area contributed by atoms with E-state index >= 15 is 0 Å². The Labute approximate surface area is 116 Å². The van der Waals surface area contributed by atoms with Crippen molar-refractivity contribution >= 4 is 15.9 Å². The minimum Gasteiger partial charge on any atom is -0.381 e. The van der Waals surface area contributed by atoms with Gasteiger partial charge < -0.3 is 4.74 Å². The molecule has 0 saturated carbocycles. The largest absolute Gasteiger partial charge is 0.381 e. The number of aryl methyl sites for hydroxylation is 2. The van der Waals surface area contributed by atoms with Crippen LogP contribution in [0.2, 0.25) is 0 Å². The molecule has 5 nitrogen and oxygen atoms in total. The van der Waals surface area contributed by atoms with E-state index in [1.807, 2.05) is 18.7 Å². The standard InChI is InChI=1S/C12H21BrN4O/c1-8-12(13)11(17(2)16-8)6-10(15-14)5-9-3-4-18-7-9/h9-10,15H,3-7,14H2,1-2H3. The van der Waals surface area contributed by atoms with Crippen molar-refractivity contribution in [1.29, 1.82) is 0 Å². The normalized spacial score (nSPS) is 21.4. The number of hydrogen-bond acceptors (Lipinski definition) is 4. The highest BCUT2D eigenvalue weighted by Gasteiger charge is 2.22. The number of aromatic nitrogens is 2. The van der Waals surface area contributed by atoms with Crippen molar-refractivity contribution in [1.82, 2.24) is 15.2 Å². The Morgan fingerprint density at radius 2 is 2.44 bits per heavy atom. The fourth-order valence-corrected chi connectivity index (χ4v) is 3.01. The molecule has 1 fully saturated rings. The molecule has 18 heavy (non-hydrogen) atoms. The third kappa shape index (κ3) is 3.12. The molecule has 0 amide bonds. The van der Waals surface area contributed by atoms with Gasteiger partial charge in [-0.2, -0.15) is 5.10 Å². The van der Waals surface area contributed by atoms with Gasteiger partial charge in [-0.1, -0.05) is 0 Å². The van der Waals surface area contributed by atoms with Crippen molar-refractivity contribution in [3.05, 3.63) is 15.9 Å². The van der Waals surface area contributed by atoms with E-state index in [-0.39, 0.29) is 6.04 Å². The molecule has 2 atom stereocenters. The molecule has 0 aliphatic carbocycles. The summed E-state index contributed by atoms with van der Waals surface area (Å²) in [6.45, 7) is 3.75. The lowest BCUT2D eigenvalue weighted by Crippen LogP contribution is -2.38. The summed E-state index contributed by atoms with van der Waals surface area (Å²) in [6.07, 6.45) is 3.07. The van der Waals surface area contributed by atoms with Crippen LogP contribution in [0, 0.1) is 12.8 Å². The number of hydrogen-bond donors (Lipinski definition) is 2. The monoisotopic (exact) mass is 316 g/mol. The third-order valence-corrected chi connectivity index (χ3v) is 4.61. The zero-order valence-electron chi connectivity index (χ0n) is 10.9. The van der Waals surface area contributed by atoms with Gasteiger partial charge in [-0.3, -0.25) is 16.0 Å². The molecule has 1 aliphatic heterocycles. The van der Waals surface area contributed by atoms with Gasteiger partial charge >= 0.3 is 0 Å². The van der Waals surface area contributed by atoms with Crippen LogP contribution in [0.15, 0.2) is 4.47 Å². The van der Waals surface area contributed by atoms with E-state index in [0.29, 0.717) is 5.92 Å². The van der Waals surface area contributed by atoms with Gasteiger partial charge in [-0.15, -0.1) is 0 Å². The van der Waals surface area contributed by atoms with Crippen LogP contribution in [0.5, 0.6) is 0 Å². The van der Waals surface area contributed by atoms with Crippen molar-refractivity contribution in [3.8, 4) is 0 Å². The Bertz CT molecular complexity index is 401. The Morgan fingerprint density at radius 3 is 2.94 bits per heavy atom. The van der Waals surface area contributed by atoms with Crippen molar-refractivity contribution in [2.75, 3.05) is 13.2 Å². The summed E-state index contributed by atoms with van der Waals surface area (Å²) in [4.78, 5) is 0. The SMILES string of the molecule is Cc1nn(C)c(CC(CC2CCOC2)NN)c1Br. The van der Waals surface area contributed by atoms with E-state index in [2.05, 4.69) is 26.5 Å². The number of nitrogens with zero attached hydrogens (tertiary/aromatic N) is 2. The molecule has 2 rings (SSSR count). The maximum absolute atomic E-state index is 5.67. The number of nitrogens with one attached hydrogen (secondary N) is 1. The van der Waals surface area contributed by atoms with E-state index in [4.69, 9.17) is 10.6 Å². The average molecular weight is 317 g/mol. The molecule has 0 bridgehead atoms. The lowest BCUT2D eigenvalue weighted by Gasteiger charge is -2.19. The van der Waals surface area contributed by atoms with Crippen LogP contribution in [0.4, 0.5) is 0 Å². The fourth-order valence-electron chi connectivity index (χ4n) is 2.52. The van der Waals surface area contributed by atoms with Crippen molar-refractivity contribution in [2.45, 2.75) is 32.2 Å². The van der Waals surface area contributed by atoms with Crippen LogP contribution in [0.25, 0.3) is 0 Å². The molecule has 0 spiro atoms. The first-order valence-corrected chi connectivity index (χ1v) is 7.13. The summed E-state index contributed by atoms with van der Waals surface area (Å²) in [5, 5.41) is 4.41. The maximum atomic E-state index is 5.67. The van der Waals surface area contributed by atoms with Gasteiger partial charge in [0.25, 0.3) is 0 Å². The molecular weight excluding hydrogens is 296 g/mol. The molecule has 0 radical (unpaired) electrons. The highest BCUT2D eigenvalue weighted by atomic mass is 79.9. The third-order valence-electron chi connectivity index (χ3n) is 3.58. The zero-order chi connectivity index (χ0) is 13.1. The lowest BCUT2D eigenvalue weighted by molar-refractivity contribution is 0.181. The quantitative estimate of drug-likeness (QED) is 0.634. The maximum Gasteiger partial charge on any atom is 0.0738 e. The molecule has 2 heterocycles. The van der Waals surface area contributed by atoms with E-state index < -0.39 is 0 Å². The summed E-state index contributed by atoms with van der Waals surface area (Å²) in [6, 6.07) is 0.266. The second-order valence-corrected chi connectivity index (χ2v) is 5.80. The first-order chi connectivity index (χ1) is 8.61. The Morgan fingerprint density at radius 1 is 1.67 bits per heavy atom. The van der Waals surface area contributed by atoms with Crippen LogP contribution in [-0.4, -0.2) is 29.0 Å². The minimum absolute atomic E-state index is 0.266. The fraction of sp³-hybridized carbons (Fsp3) is 0.750. The van der Waals surface area contributed by atoms with Crippen LogP contribution in [-0.2, 0) is 18.2 Å². The minimum atomic E-state index is 0.266. The van der Waals surface area contributed by atoms with Crippen LogP contribution < -0.4 is 11.3 Å². The highest BCUT2D eigenvalue weighted by Crippen LogP contribution is 2.24. The summed E-state index contributed by atoms with van der Waals surface area (Å²) in [5.41, 5.74) is 5.13.